The summed E-state index contributed by atoms with van der Waals surface area (Å²) in [6.07, 6.45) is 1.71. The van der Waals surface area contributed by atoms with Gasteiger partial charge in [0.2, 0.25) is 0 Å². The number of aryl methyl sites for hydroxylation is 2. The summed E-state index contributed by atoms with van der Waals surface area (Å²) in [5.41, 5.74) is 1.71. The van der Waals surface area contributed by atoms with Gasteiger partial charge < -0.3 is 0 Å². The van der Waals surface area contributed by atoms with E-state index in [9.17, 15) is 4.79 Å². The van der Waals surface area contributed by atoms with Crippen molar-refractivity contribution in [3.05, 3.63) is 62.3 Å². The fourth-order valence-corrected chi connectivity index (χ4v) is 2.78. The highest BCUT2D eigenvalue weighted by molar-refractivity contribution is 7.11. The maximum Gasteiger partial charge on any atom is 0.282 e. The summed E-state index contributed by atoms with van der Waals surface area (Å²) >= 11 is 1.60. The lowest BCUT2D eigenvalue weighted by atomic mass is 10.2. The van der Waals surface area contributed by atoms with Crippen LogP contribution in [0.25, 0.3) is 10.9 Å². The molecule has 20 heavy (non-hydrogen) atoms. The van der Waals surface area contributed by atoms with Gasteiger partial charge in [0.25, 0.3) is 5.56 Å². The molecule has 0 unspecified atom stereocenters. The SMILES string of the molecule is Cc1ccsc1/C=N/n1c(C)nc2ccccc2c1=O. The number of nitrogens with zero attached hydrogens (tertiary/aromatic N) is 3. The zero-order valence-electron chi connectivity index (χ0n) is 11.2. The molecule has 2 heterocycles. The van der Waals surface area contributed by atoms with E-state index in [0.717, 1.165) is 10.4 Å². The molecule has 0 radical (unpaired) electrons. The molecule has 0 aliphatic carbocycles. The zero-order chi connectivity index (χ0) is 14.1. The highest BCUT2D eigenvalue weighted by atomic mass is 32.1. The third-order valence-electron chi connectivity index (χ3n) is 3.11. The van der Waals surface area contributed by atoms with Gasteiger partial charge in [0.15, 0.2) is 0 Å². The molecule has 0 spiro atoms. The molecule has 0 fully saturated rings. The Hall–Kier alpha value is -2.27. The average molecular weight is 283 g/mol. The molecular formula is C15H13N3OS. The fraction of sp³-hybridized carbons (Fsp3) is 0.133. The minimum Gasteiger partial charge on any atom is -0.267 e. The van der Waals surface area contributed by atoms with E-state index in [2.05, 4.69) is 10.1 Å². The van der Waals surface area contributed by atoms with Gasteiger partial charge in [-0.2, -0.15) is 9.78 Å². The Morgan fingerprint density at radius 3 is 2.80 bits per heavy atom. The van der Waals surface area contributed by atoms with Crippen LogP contribution in [-0.2, 0) is 0 Å². The van der Waals surface area contributed by atoms with E-state index in [1.807, 2.05) is 36.6 Å². The average Bonchev–Trinajstić information content (AvgIpc) is 2.84. The predicted molar refractivity (Wildman–Crippen MR) is 82.8 cm³/mol. The minimum absolute atomic E-state index is 0.140. The summed E-state index contributed by atoms with van der Waals surface area (Å²) in [6, 6.07) is 9.34. The van der Waals surface area contributed by atoms with Crippen molar-refractivity contribution in [2.45, 2.75) is 13.8 Å². The van der Waals surface area contributed by atoms with E-state index in [1.54, 1.807) is 30.5 Å². The van der Waals surface area contributed by atoms with Crippen LogP contribution < -0.4 is 5.56 Å². The Bertz CT molecular complexity index is 861. The molecule has 0 N–H and O–H groups in total. The second kappa shape index (κ2) is 5.02. The van der Waals surface area contributed by atoms with Crippen molar-refractivity contribution >= 4 is 28.5 Å². The van der Waals surface area contributed by atoms with Gasteiger partial charge in [-0.25, -0.2) is 4.98 Å². The summed E-state index contributed by atoms with van der Waals surface area (Å²) in [5.74, 6) is 0.583. The normalized spacial score (nSPS) is 11.5. The van der Waals surface area contributed by atoms with Crippen molar-refractivity contribution in [3.63, 3.8) is 0 Å². The molecule has 0 saturated heterocycles. The number of fused-ring (bicyclic) bond motifs is 1. The number of hydrogen-bond acceptors (Lipinski definition) is 4. The van der Waals surface area contributed by atoms with Crippen molar-refractivity contribution in [1.82, 2.24) is 9.66 Å². The quantitative estimate of drug-likeness (QED) is 0.679. The molecule has 100 valence electrons. The first-order valence-electron chi connectivity index (χ1n) is 6.23. The molecule has 3 aromatic rings. The lowest BCUT2D eigenvalue weighted by Gasteiger charge is -2.04. The van der Waals surface area contributed by atoms with Gasteiger partial charge >= 0.3 is 0 Å². The van der Waals surface area contributed by atoms with Gasteiger partial charge in [-0.05, 0) is 43.0 Å². The van der Waals surface area contributed by atoms with Gasteiger partial charge in [-0.1, -0.05) is 12.1 Å². The van der Waals surface area contributed by atoms with E-state index >= 15 is 0 Å². The largest absolute Gasteiger partial charge is 0.282 e. The van der Waals surface area contributed by atoms with Crippen LogP contribution in [0.15, 0.2) is 45.6 Å². The zero-order valence-corrected chi connectivity index (χ0v) is 12.0. The number of thiophene rings is 1. The number of para-hydroxylation sites is 1. The Morgan fingerprint density at radius 2 is 2.05 bits per heavy atom. The van der Waals surface area contributed by atoms with Gasteiger partial charge in [-0.3, -0.25) is 4.79 Å². The van der Waals surface area contributed by atoms with Crippen LogP contribution in [0.5, 0.6) is 0 Å². The topological polar surface area (TPSA) is 47.2 Å². The van der Waals surface area contributed by atoms with Crippen LogP contribution in [-0.4, -0.2) is 15.9 Å². The van der Waals surface area contributed by atoms with Crippen molar-refractivity contribution in [3.8, 4) is 0 Å². The van der Waals surface area contributed by atoms with Crippen molar-refractivity contribution in [2.75, 3.05) is 0 Å². The molecule has 4 nitrogen and oxygen atoms in total. The predicted octanol–water partition coefficient (Wildman–Crippen LogP) is 2.96. The smallest absolute Gasteiger partial charge is 0.267 e. The molecule has 1 aromatic carbocycles. The number of aromatic nitrogens is 2. The summed E-state index contributed by atoms with van der Waals surface area (Å²) in [6.45, 7) is 3.80. The monoisotopic (exact) mass is 283 g/mol. The van der Waals surface area contributed by atoms with E-state index in [1.165, 1.54) is 4.68 Å². The van der Waals surface area contributed by atoms with E-state index in [4.69, 9.17) is 0 Å². The Labute approximate surface area is 120 Å². The van der Waals surface area contributed by atoms with Crippen molar-refractivity contribution < 1.29 is 0 Å². The van der Waals surface area contributed by atoms with Gasteiger partial charge in [-0.15, -0.1) is 11.3 Å². The highest BCUT2D eigenvalue weighted by Gasteiger charge is 2.06. The first-order chi connectivity index (χ1) is 9.66. The standard InChI is InChI=1S/C15H13N3OS/c1-10-7-8-20-14(10)9-16-18-11(2)17-13-6-4-3-5-12(13)15(18)19/h3-9H,1-2H3/b16-9+. The Kier molecular flexibility index (Phi) is 3.20. The van der Waals surface area contributed by atoms with Crippen LogP contribution in [0.3, 0.4) is 0 Å². The molecule has 0 bridgehead atoms. The molecule has 0 atom stereocenters. The fourth-order valence-electron chi connectivity index (χ4n) is 2.00. The highest BCUT2D eigenvalue weighted by Crippen LogP contribution is 2.13. The first-order valence-corrected chi connectivity index (χ1v) is 7.11. The summed E-state index contributed by atoms with van der Waals surface area (Å²) in [5, 5.41) is 6.87. The lowest BCUT2D eigenvalue weighted by molar-refractivity contribution is 0.771. The molecule has 0 aliphatic heterocycles. The molecule has 0 saturated carbocycles. The van der Waals surface area contributed by atoms with Crippen LogP contribution in [0.1, 0.15) is 16.3 Å². The molecule has 5 heteroatoms. The number of rotatable bonds is 2. The van der Waals surface area contributed by atoms with Crippen molar-refractivity contribution in [1.29, 1.82) is 0 Å². The Morgan fingerprint density at radius 1 is 1.25 bits per heavy atom. The van der Waals surface area contributed by atoms with E-state index in [-0.39, 0.29) is 5.56 Å². The number of hydrogen-bond donors (Lipinski definition) is 0. The third kappa shape index (κ3) is 2.16. The summed E-state index contributed by atoms with van der Waals surface area (Å²) in [7, 11) is 0. The molecule has 3 rings (SSSR count). The van der Waals surface area contributed by atoms with Gasteiger partial charge in [0, 0.05) is 0 Å². The summed E-state index contributed by atoms with van der Waals surface area (Å²) in [4.78, 5) is 17.9. The first kappa shape index (κ1) is 12.7. The number of benzene rings is 1. The summed E-state index contributed by atoms with van der Waals surface area (Å²) < 4.78 is 1.35. The van der Waals surface area contributed by atoms with Crippen molar-refractivity contribution in [2.24, 2.45) is 5.10 Å². The second-order valence-electron chi connectivity index (χ2n) is 4.51. The molecule has 0 aliphatic rings. The van der Waals surface area contributed by atoms with E-state index < -0.39 is 0 Å². The molecule has 0 amide bonds. The maximum absolute atomic E-state index is 12.4. The Balaban J connectivity index is 2.15. The third-order valence-corrected chi connectivity index (χ3v) is 4.06. The maximum atomic E-state index is 12.4. The van der Waals surface area contributed by atoms with Crippen LogP contribution in [0.2, 0.25) is 0 Å². The van der Waals surface area contributed by atoms with Gasteiger partial charge in [0.1, 0.15) is 5.82 Å². The minimum atomic E-state index is -0.140. The van der Waals surface area contributed by atoms with Crippen LogP contribution in [0.4, 0.5) is 0 Å². The van der Waals surface area contributed by atoms with E-state index in [0.29, 0.717) is 16.7 Å². The second-order valence-corrected chi connectivity index (χ2v) is 5.45. The molecule has 2 aromatic heterocycles. The lowest BCUT2D eigenvalue weighted by Crippen LogP contribution is -2.20. The van der Waals surface area contributed by atoms with Gasteiger partial charge in [0.05, 0.1) is 22.0 Å². The van der Waals surface area contributed by atoms with Crippen LogP contribution >= 0.6 is 11.3 Å². The molecular weight excluding hydrogens is 270 g/mol. The van der Waals surface area contributed by atoms with Crippen LogP contribution in [0, 0.1) is 13.8 Å².